The van der Waals surface area contributed by atoms with Crippen molar-refractivity contribution >= 4 is 13.1 Å². The first kappa shape index (κ1) is 18.3. The minimum Gasteiger partial charge on any atom is -0.480 e. The Hall–Kier alpha value is -1.48. The Labute approximate surface area is 146 Å². The fourth-order valence-corrected chi connectivity index (χ4v) is 4.18. The van der Waals surface area contributed by atoms with Crippen LogP contribution < -0.4 is 11.1 Å². The van der Waals surface area contributed by atoms with Gasteiger partial charge in [0.1, 0.15) is 11.4 Å². The van der Waals surface area contributed by atoms with Gasteiger partial charge in [-0.2, -0.15) is 0 Å². The molecule has 2 atom stereocenters. The Morgan fingerprint density at radius 2 is 2.08 bits per heavy atom. The summed E-state index contributed by atoms with van der Waals surface area (Å²) >= 11 is 0. The molecule has 0 amide bonds. The van der Waals surface area contributed by atoms with Crippen molar-refractivity contribution < 1.29 is 24.3 Å². The van der Waals surface area contributed by atoms with E-state index in [1.165, 1.54) is 6.07 Å². The Morgan fingerprint density at radius 3 is 2.60 bits per heavy atom. The SMILES string of the molecule is CN[C@@]1(C(=O)O)c2cc(C3(N)CC3)c(F)cc2C[C@@H]1CCCB(O)O. The van der Waals surface area contributed by atoms with Gasteiger partial charge in [0.2, 0.25) is 0 Å². The molecule has 0 unspecified atom stereocenters. The summed E-state index contributed by atoms with van der Waals surface area (Å²) in [4.78, 5) is 12.2. The molecule has 0 aromatic heterocycles. The Bertz CT molecular complexity index is 695. The van der Waals surface area contributed by atoms with Crippen LogP contribution in [0.4, 0.5) is 4.39 Å². The maximum atomic E-state index is 14.5. The number of carboxylic acids is 1. The highest BCUT2D eigenvalue weighted by Crippen LogP contribution is 2.49. The van der Waals surface area contributed by atoms with Gasteiger partial charge in [-0.1, -0.05) is 6.42 Å². The third-order valence-electron chi connectivity index (χ3n) is 5.77. The lowest BCUT2D eigenvalue weighted by Crippen LogP contribution is -2.51. The first-order valence-electron chi connectivity index (χ1n) is 8.65. The largest absolute Gasteiger partial charge is 0.480 e. The average molecular weight is 350 g/mol. The third kappa shape index (κ3) is 2.97. The van der Waals surface area contributed by atoms with Gasteiger partial charge in [-0.15, -0.1) is 0 Å². The zero-order valence-corrected chi connectivity index (χ0v) is 14.3. The lowest BCUT2D eigenvalue weighted by atomic mass is 9.76. The molecule has 2 aliphatic carbocycles. The van der Waals surface area contributed by atoms with Crippen molar-refractivity contribution in [1.82, 2.24) is 5.32 Å². The zero-order chi connectivity index (χ0) is 18.4. The molecular weight excluding hydrogens is 326 g/mol. The molecule has 0 heterocycles. The number of halogens is 1. The summed E-state index contributed by atoms with van der Waals surface area (Å²) in [6, 6.07) is 3.05. The molecule has 3 rings (SSSR count). The topological polar surface area (TPSA) is 116 Å². The number of rotatable bonds is 7. The Morgan fingerprint density at radius 1 is 1.40 bits per heavy atom. The van der Waals surface area contributed by atoms with Crippen LogP contribution in [-0.2, 0) is 22.3 Å². The molecule has 0 aliphatic heterocycles. The van der Waals surface area contributed by atoms with Gasteiger partial charge in [0.15, 0.2) is 0 Å². The van der Waals surface area contributed by atoms with E-state index in [9.17, 15) is 14.3 Å². The van der Waals surface area contributed by atoms with Gasteiger partial charge >= 0.3 is 13.1 Å². The van der Waals surface area contributed by atoms with Crippen molar-refractivity contribution in [2.45, 2.75) is 49.5 Å². The van der Waals surface area contributed by atoms with E-state index in [0.29, 0.717) is 48.8 Å². The van der Waals surface area contributed by atoms with Crippen LogP contribution in [0, 0.1) is 11.7 Å². The van der Waals surface area contributed by atoms with Gasteiger partial charge < -0.3 is 26.2 Å². The molecular formula is C17H24BFN2O4. The first-order valence-corrected chi connectivity index (χ1v) is 8.65. The smallest absolute Gasteiger partial charge is 0.451 e. The number of benzene rings is 1. The second-order valence-corrected chi connectivity index (χ2v) is 7.32. The summed E-state index contributed by atoms with van der Waals surface area (Å²) in [6.07, 6.45) is 2.96. The van der Waals surface area contributed by atoms with Gasteiger partial charge in [-0.05, 0) is 68.2 Å². The highest BCUT2D eigenvalue weighted by Gasteiger charge is 2.53. The number of likely N-dealkylation sites (N-methyl/N-ethyl adjacent to an activating group) is 1. The molecule has 0 radical (unpaired) electrons. The third-order valence-corrected chi connectivity index (χ3v) is 5.77. The van der Waals surface area contributed by atoms with E-state index in [1.54, 1.807) is 13.1 Å². The van der Waals surface area contributed by atoms with Crippen molar-refractivity contribution in [3.8, 4) is 0 Å². The molecule has 8 heteroatoms. The molecule has 1 saturated carbocycles. The van der Waals surface area contributed by atoms with Gasteiger partial charge in [-0.25, -0.2) is 9.18 Å². The van der Waals surface area contributed by atoms with Crippen LogP contribution in [0.5, 0.6) is 0 Å². The molecule has 1 fully saturated rings. The predicted molar refractivity (Wildman–Crippen MR) is 91.3 cm³/mol. The summed E-state index contributed by atoms with van der Waals surface area (Å²) in [5, 5.41) is 31.0. The minimum absolute atomic E-state index is 0.178. The van der Waals surface area contributed by atoms with E-state index in [-0.39, 0.29) is 18.1 Å². The fraction of sp³-hybridized carbons (Fsp3) is 0.588. The number of aliphatic carboxylic acids is 1. The highest BCUT2D eigenvalue weighted by atomic mass is 19.1. The second kappa shape index (κ2) is 6.35. The first-order chi connectivity index (χ1) is 11.7. The van der Waals surface area contributed by atoms with Crippen molar-refractivity contribution in [3.05, 3.63) is 34.6 Å². The minimum atomic E-state index is -1.41. The van der Waals surface area contributed by atoms with Crippen LogP contribution in [0.3, 0.4) is 0 Å². The summed E-state index contributed by atoms with van der Waals surface area (Å²) in [7, 11) is 0.184. The maximum absolute atomic E-state index is 14.5. The number of carboxylic acid groups (broad SMARTS) is 1. The van der Waals surface area contributed by atoms with Crippen LogP contribution in [-0.4, -0.2) is 35.3 Å². The number of hydrogen-bond acceptors (Lipinski definition) is 5. The van der Waals surface area contributed by atoms with Crippen LogP contribution in [0.1, 0.15) is 42.4 Å². The van der Waals surface area contributed by atoms with Crippen molar-refractivity contribution in [1.29, 1.82) is 0 Å². The molecule has 2 aliphatic rings. The number of carbonyl (C=O) groups is 1. The van der Waals surface area contributed by atoms with Crippen molar-refractivity contribution in [3.63, 3.8) is 0 Å². The standard InChI is InChI=1S/C17H24BFN2O4/c1-21-17(15(22)23)11(3-2-6-18(24)25)7-10-8-14(19)13(9-12(10)17)16(20)4-5-16/h8-9,11,21,24-25H,2-7,20H2,1H3,(H,22,23)/t11-,17+/m0/s1. The highest BCUT2D eigenvalue weighted by molar-refractivity contribution is 6.40. The molecule has 25 heavy (non-hydrogen) atoms. The van der Waals surface area contributed by atoms with E-state index < -0.39 is 24.2 Å². The van der Waals surface area contributed by atoms with Gasteiger partial charge in [0.25, 0.3) is 0 Å². The quantitative estimate of drug-likeness (QED) is 0.462. The van der Waals surface area contributed by atoms with Crippen LogP contribution >= 0.6 is 0 Å². The van der Waals surface area contributed by atoms with E-state index in [1.807, 2.05) is 0 Å². The fourth-order valence-electron chi connectivity index (χ4n) is 4.18. The summed E-state index contributed by atoms with van der Waals surface area (Å²) in [5.74, 6) is -1.69. The molecule has 6 nitrogen and oxygen atoms in total. The van der Waals surface area contributed by atoms with Crippen molar-refractivity contribution in [2.75, 3.05) is 7.05 Å². The number of nitrogens with two attached hydrogens (primary N) is 1. The van der Waals surface area contributed by atoms with E-state index in [4.69, 9.17) is 15.8 Å². The summed E-state index contributed by atoms with van der Waals surface area (Å²) < 4.78 is 14.5. The summed E-state index contributed by atoms with van der Waals surface area (Å²) in [6.45, 7) is 0. The van der Waals surface area contributed by atoms with Crippen LogP contribution in [0.2, 0.25) is 6.32 Å². The van der Waals surface area contributed by atoms with E-state index in [0.717, 1.165) is 0 Å². The lowest BCUT2D eigenvalue weighted by Gasteiger charge is -2.32. The molecule has 6 N–H and O–H groups in total. The molecule has 0 spiro atoms. The normalized spacial score (nSPS) is 26.4. The van der Waals surface area contributed by atoms with Gasteiger partial charge in [0.05, 0.1) is 0 Å². The second-order valence-electron chi connectivity index (χ2n) is 7.32. The molecule has 1 aromatic rings. The molecule has 0 bridgehead atoms. The average Bonchev–Trinajstić information content (AvgIpc) is 3.19. The Kier molecular flexibility index (Phi) is 4.66. The molecule has 1 aromatic carbocycles. The number of nitrogens with one attached hydrogen (secondary N) is 1. The predicted octanol–water partition coefficient (Wildman–Crippen LogP) is 0.698. The molecule has 136 valence electrons. The van der Waals surface area contributed by atoms with Crippen LogP contribution in [0.15, 0.2) is 12.1 Å². The lowest BCUT2D eigenvalue weighted by molar-refractivity contribution is -0.147. The Balaban J connectivity index is 2.00. The van der Waals surface area contributed by atoms with Crippen molar-refractivity contribution in [2.24, 2.45) is 11.7 Å². The monoisotopic (exact) mass is 350 g/mol. The van der Waals surface area contributed by atoms with Gasteiger partial charge in [-0.3, -0.25) is 0 Å². The maximum Gasteiger partial charge on any atom is 0.451 e. The van der Waals surface area contributed by atoms with E-state index in [2.05, 4.69) is 5.32 Å². The number of hydrogen-bond donors (Lipinski definition) is 5. The van der Waals surface area contributed by atoms with Gasteiger partial charge in [0, 0.05) is 11.1 Å². The number of fused-ring (bicyclic) bond motifs is 1. The zero-order valence-electron chi connectivity index (χ0n) is 14.3. The summed E-state index contributed by atoms with van der Waals surface area (Å²) in [5.41, 5.74) is 5.79. The van der Waals surface area contributed by atoms with E-state index >= 15 is 0 Å². The molecule has 0 saturated heterocycles. The van der Waals surface area contributed by atoms with Crippen LogP contribution in [0.25, 0.3) is 0 Å².